The zero-order valence-corrected chi connectivity index (χ0v) is 11.6. The Labute approximate surface area is 111 Å². The van der Waals surface area contributed by atoms with Crippen LogP contribution in [0.25, 0.3) is 0 Å². The molecule has 0 bridgehead atoms. The molecule has 0 radical (unpaired) electrons. The first-order valence-electron chi connectivity index (χ1n) is 7.39. The van der Waals surface area contributed by atoms with Gasteiger partial charge in [-0.15, -0.1) is 0 Å². The smallest absolute Gasteiger partial charge is 0.0206 e. The summed E-state index contributed by atoms with van der Waals surface area (Å²) in [5, 5.41) is 3.54. The Morgan fingerprint density at radius 3 is 2.33 bits per heavy atom. The van der Waals surface area contributed by atoms with Gasteiger partial charge in [0, 0.05) is 19.6 Å². The van der Waals surface area contributed by atoms with Crippen molar-refractivity contribution in [2.45, 2.75) is 39.2 Å². The van der Waals surface area contributed by atoms with Crippen molar-refractivity contribution in [1.29, 1.82) is 0 Å². The Balaban J connectivity index is 1.62. The Kier molecular flexibility index (Phi) is 5.69. The van der Waals surface area contributed by atoms with Crippen LogP contribution >= 0.6 is 0 Å². The van der Waals surface area contributed by atoms with Crippen LogP contribution in [0.2, 0.25) is 0 Å². The van der Waals surface area contributed by atoms with E-state index in [-0.39, 0.29) is 0 Å². The van der Waals surface area contributed by atoms with Crippen LogP contribution in [-0.4, -0.2) is 31.1 Å². The molecule has 2 nitrogen and oxygen atoms in total. The third kappa shape index (κ3) is 4.43. The quantitative estimate of drug-likeness (QED) is 0.777. The van der Waals surface area contributed by atoms with Crippen LogP contribution in [0.5, 0.6) is 0 Å². The fourth-order valence-electron chi connectivity index (χ4n) is 2.55. The average molecular weight is 246 g/mol. The number of piperidine rings is 1. The monoisotopic (exact) mass is 246 g/mol. The van der Waals surface area contributed by atoms with Crippen molar-refractivity contribution in [1.82, 2.24) is 10.2 Å². The maximum absolute atomic E-state index is 3.54. The van der Waals surface area contributed by atoms with E-state index in [1.165, 1.54) is 50.0 Å². The van der Waals surface area contributed by atoms with Gasteiger partial charge in [-0.1, -0.05) is 37.6 Å². The van der Waals surface area contributed by atoms with Gasteiger partial charge in [0.1, 0.15) is 0 Å². The molecular weight excluding hydrogens is 220 g/mol. The predicted octanol–water partition coefficient (Wildman–Crippen LogP) is 2.82. The van der Waals surface area contributed by atoms with Gasteiger partial charge in [0.05, 0.1) is 0 Å². The van der Waals surface area contributed by atoms with Crippen molar-refractivity contribution in [3.05, 3.63) is 35.4 Å². The van der Waals surface area contributed by atoms with Crippen LogP contribution < -0.4 is 5.32 Å². The number of nitrogens with zero attached hydrogens (tertiary/aromatic N) is 1. The number of nitrogens with one attached hydrogen (secondary N) is 1. The molecule has 100 valence electrons. The van der Waals surface area contributed by atoms with E-state index in [4.69, 9.17) is 0 Å². The summed E-state index contributed by atoms with van der Waals surface area (Å²) in [6, 6.07) is 8.96. The van der Waals surface area contributed by atoms with Gasteiger partial charge in [-0.05, 0) is 43.5 Å². The van der Waals surface area contributed by atoms with Crippen LogP contribution in [-0.2, 0) is 13.0 Å². The molecule has 2 rings (SSSR count). The maximum atomic E-state index is 3.54. The summed E-state index contributed by atoms with van der Waals surface area (Å²) in [7, 11) is 0. The molecular formula is C16H26N2. The topological polar surface area (TPSA) is 15.3 Å². The number of likely N-dealkylation sites (tertiary alicyclic amines) is 1. The van der Waals surface area contributed by atoms with E-state index in [0.29, 0.717) is 0 Å². The lowest BCUT2D eigenvalue weighted by Crippen LogP contribution is -2.35. The SMILES string of the molecule is CCc1ccc(CNCCN2CCCCC2)cc1. The maximum Gasteiger partial charge on any atom is 0.0206 e. The zero-order chi connectivity index (χ0) is 12.6. The first kappa shape index (κ1) is 13.6. The Morgan fingerprint density at radius 1 is 1.00 bits per heavy atom. The highest BCUT2D eigenvalue weighted by molar-refractivity contribution is 5.22. The molecule has 0 atom stereocenters. The van der Waals surface area contributed by atoms with E-state index in [9.17, 15) is 0 Å². The molecule has 0 aliphatic carbocycles. The van der Waals surface area contributed by atoms with Gasteiger partial charge in [-0.25, -0.2) is 0 Å². The van der Waals surface area contributed by atoms with Crippen molar-refractivity contribution in [2.24, 2.45) is 0 Å². The zero-order valence-electron chi connectivity index (χ0n) is 11.6. The Hall–Kier alpha value is -0.860. The first-order chi connectivity index (χ1) is 8.88. The summed E-state index contributed by atoms with van der Waals surface area (Å²) >= 11 is 0. The Bertz CT molecular complexity index is 325. The molecule has 0 saturated carbocycles. The lowest BCUT2D eigenvalue weighted by atomic mass is 10.1. The second-order valence-corrected chi connectivity index (χ2v) is 5.25. The highest BCUT2D eigenvalue weighted by Gasteiger charge is 2.08. The van der Waals surface area contributed by atoms with Gasteiger partial charge in [0.25, 0.3) is 0 Å². The number of hydrogen-bond donors (Lipinski definition) is 1. The molecule has 1 aromatic rings. The molecule has 1 heterocycles. The molecule has 1 aliphatic heterocycles. The normalized spacial score (nSPS) is 16.9. The summed E-state index contributed by atoms with van der Waals surface area (Å²) < 4.78 is 0. The van der Waals surface area contributed by atoms with E-state index in [1.54, 1.807) is 0 Å². The minimum Gasteiger partial charge on any atom is -0.311 e. The number of aryl methyl sites for hydroxylation is 1. The van der Waals surface area contributed by atoms with Gasteiger partial charge >= 0.3 is 0 Å². The van der Waals surface area contributed by atoms with Crippen molar-refractivity contribution in [3.8, 4) is 0 Å². The molecule has 18 heavy (non-hydrogen) atoms. The molecule has 0 amide bonds. The van der Waals surface area contributed by atoms with E-state index >= 15 is 0 Å². The summed E-state index contributed by atoms with van der Waals surface area (Å²) in [6.45, 7) is 8.10. The van der Waals surface area contributed by atoms with Crippen LogP contribution in [0, 0.1) is 0 Å². The van der Waals surface area contributed by atoms with Gasteiger partial charge < -0.3 is 10.2 Å². The summed E-state index contributed by atoms with van der Waals surface area (Å²) in [5.74, 6) is 0. The molecule has 1 aliphatic rings. The van der Waals surface area contributed by atoms with Gasteiger partial charge in [-0.2, -0.15) is 0 Å². The molecule has 2 heteroatoms. The highest BCUT2D eigenvalue weighted by atomic mass is 15.1. The number of hydrogen-bond acceptors (Lipinski definition) is 2. The van der Waals surface area contributed by atoms with Gasteiger partial charge in [0.15, 0.2) is 0 Å². The van der Waals surface area contributed by atoms with Gasteiger partial charge in [0.2, 0.25) is 0 Å². The molecule has 1 aromatic carbocycles. The van der Waals surface area contributed by atoms with E-state index in [0.717, 1.165) is 19.5 Å². The minimum atomic E-state index is 0.998. The summed E-state index contributed by atoms with van der Waals surface area (Å²) in [4.78, 5) is 2.58. The Morgan fingerprint density at radius 2 is 1.67 bits per heavy atom. The average Bonchev–Trinajstić information content (AvgIpc) is 2.45. The molecule has 1 saturated heterocycles. The molecule has 1 N–H and O–H groups in total. The van der Waals surface area contributed by atoms with Crippen molar-refractivity contribution >= 4 is 0 Å². The highest BCUT2D eigenvalue weighted by Crippen LogP contribution is 2.07. The lowest BCUT2D eigenvalue weighted by Gasteiger charge is -2.26. The van der Waals surface area contributed by atoms with Crippen LogP contribution in [0.4, 0.5) is 0 Å². The fraction of sp³-hybridized carbons (Fsp3) is 0.625. The largest absolute Gasteiger partial charge is 0.311 e. The van der Waals surface area contributed by atoms with Crippen molar-refractivity contribution < 1.29 is 0 Å². The standard InChI is InChI=1S/C16H26N2/c1-2-15-6-8-16(9-7-15)14-17-10-13-18-11-4-3-5-12-18/h6-9,17H,2-5,10-14H2,1H3. The van der Waals surface area contributed by atoms with Crippen molar-refractivity contribution in [3.63, 3.8) is 0 Å². The second kappa shape index (κ2) is 7.55. The molecule has 0 spiro atoms. The van der Waals surface area contributed by atoms with E-state index < -0.39 is 0 Å². The third-order valence-corrected chi connectivity index (χ3v) is 3.81. The van der Waals surface area contributed by atoms with E-state index in [1.807, 2.05) is 0 Å². The van der Waals surface area contributed by atoms with Crippen LogP contribution in [0.15, 0.2) is 24.3 Å². The number of rotatable bonds is 6. The van der Waals surface area contributed by atoms with E-state index in [2.05, 4.69) is 41.4 Å². The molecule has 1 fully saturated rings. The van der Waals surface area contributed by atoms with Crippen LogP contribution in [0.1, 0.15) is 37.3 Å². The number of benzene rings is 1. The molecule has 0 aromatic heterocycles. The van der Waals surface area contributed by atoms with Gasteiger partial charge in [-0.3, -0.25) is 0 Å². The lowest BCUT2D eigenvalue weighted by molar-refractivity contribution is 0.229. The predicted molar refractivity (Wildman–Crippen MR) is 77.8 cm³/mol. The summed E-state index contributed by atoms with van der Waals surface area (Å²) in [6.07, 6.45) is 5.33. The molecule has 0 unspecified atom stereocenters. The fourth-order valence-corrected chi connectivity index (χ4v) is 2.55. The summed E-state index contributed by atoms with van der Waals surface area (Å²) in [5.41, 5.74) is 2.82. The first-order valence-corrected chi connectivity index (χ1v) is 7.39. The third-order valence-electron chi connectivity index (χ3n) is 3.81. The van der Waals surface area contributed by atoms with Crippen LogP contribution in [0.3, 0.4) is 0 Å². The minimum absolute atomic E-state index is 0.998. The second-order valence-electron chi connectivity index (χ2n) is 5.25. The van der Waals surface area contributed by atoms with Crippen molar-refractivity contribution in [2.75, 3.05) is 26.2 Å².